The van der Waals surface area contributed by atoms with Gasteiger partial charge < -0.3 is 5.11 Å². The van der Waals surface area contributed by atoms with Gasteiger partial charge in [-0.3, -0.25) is 9.78 Å². The van der Waals surface area contributed by atoms with Crippen LogP contribution in [0.2, 0.25) is 0 Å². The van der Waals surface area contributed by atoms with Gasteiger partial charge in [-0.1, -0.05) is 0 Å². The number of hydrogen-bond acceptors (Lipinski definition) is 3. The van der Waals surface area contributed by atoms with Crippen molar-refractivity contribution in [1.82, 2.24) is 4.98 Å². The van der Waals surface area contributed by atoms with Crippen molar-refractivity contribution in [3.05, 3.63) is 28.6 Å². The molecule has 0 amide bonds. The number of carbonyl (C=O) groups excluding carboxylic acids is 1. The standard InChI is InChI=1S/C10H11NO3/c1-5-4-8(10(13)14)9(7(3)12)6(2)11-5/h4H,1-3H3,(H,13,14). The quantitative estimate of drug-likeness (QED) is 0.724. The fourth-order valence-corrected chi connectivity index (χ4v) is 1.44. The van der Waals surface area contributed by atoms with Gasteiger partial charge in [-0.05, 0) is 26.8 Å². The summed E-state index contributed by atoms with van der Waals surface area (Å²) in [6.07, 6.45) is 0. The van der Waals surface area contributed by atoms with Crippen LogP contribution in [0.4, 0.5) is 0 Å². The van der Waals surface area contributed by atoms with Gasteiger partial charge in [0.2, 0.25) is 0 Å². The first-order valence-electron chi connectivity index (χ1n) is 4.16. The lowest BCUT2D eigenvalue weighted by molar-refractivity contribution is 0.0692. The van der Waals surface area contributed by atoms with Crippen LogP contribution in [-0.2, 0) is 0 Å². The molecule has 0 aliphatic heterocycles. The maximum atomic E-state index is 11.2. The van der Waals surface area contributed by atoms with E-state index in [2.05, 4.69) is 4.98 Å². The fourth-order valence-electron chi connectivity index (χ4n) is 1.44. The van der Waals surface area contributed by atoms with Crippen LogP contribution in [-0.4, -0.2) is 21.8 Å². The molecular weight excluding hydrogens is 182 g/mol. The van der Waals surface area contributed by atoms with E-state index in [1.165, 1.54) is 13.0 Å². The number of aromatic carboxylic acids is 1. The Morgan fingerprint density at radius 3 is 2.36 bits per heavy atom. The number of carbonyl (C=O) groups is 2. The molecule has 14 heavy (non-hydrogen) atoms. The van der Waals surface area contributed by atoms with Gasteiger partial charge in [-0.15, -0.1) is 0 Å². The first kappa shape index (κ1) is 10.4. The molecule has 0 atom stereocenters. The molecule has 0 spiro atoms. The van der Waals surface area contributed by atoms with Gasteiger partial charge in [0.25, 0.3) is 0 Å². The third kappa shape index (κ3) is 1.79. The molecule has 4 heteroatoms. The Bertz CT molecular complexity index is 410. The summed E-state index contributed by atoms with van der Waals surface area (Å²) in [5.41, 5.74) is 1.30. The zero-order chi connectivity index (χ0) is 10.9. The Morgan fingerprint density at radius 2 is 1.93 bits per heavy atom. The summed E-state index contributed by atoms with van der Waals surface area (Å²) in [4.78, 5) is 26.1. The molecule has 4 nitrogen and oxygen atoms in total. The minimum Gasteiger partial charge on any atom is -0.478 e. The molecule has 1 aromatic rings. The molecule has 0 aliphatic carbocycles. The monoisotopic (exact) mass is 193 g/mol. The lowest BCUT2D eigenvalue weighted by atomic mass is 10.0. The van der Waals surface area contributed by atoms with Crippen LogP contribution in [0, 0.1) is 13.8 Å². The summed E-state index contributed by atoms with van der Waals surface area (Å²) < 4.78 is 0. The summed E-state index contributed by atoms with van der Waals surface area (Å²) in [6.45, 7) is 4.67. The third-order valence-corrected chi connectivity index (χ3v) is 1.91. The van der Waals surface area contributed by atoms with Crippen molar-refractivity contribution in [2.45, 2.75) is 20.8 Å². The minimum atomic E-state index is -1.09. The highest BCUT2D eigenvalue weighted by molar-refractivity contribution is 6.05. The van der Waals surface area contributed by atoms with Crippen LogP contribution >= 0.6 is 0 Å². The van der Waals surface area contributed by atoms with Crippen LogP contribution < -0.4 is 0 Å². The van der Waals surface area contributed by atoms with Crippen molar-refractivity contribution >= 4 is 11.8 Å². The number of ketones is 1. The number of Topliss-reactive ketones (excluding diaryl/α,β-unsaturated/α-hetero) is 1. The van der Waals surface area contributed by atoms with Crippen molar-refractivity contribution in [2.24, 2.45) is 0 Å². The maximum absolute atomic E-state index is 11.2. The zero-order valence-electron chi connectivity index (χ0n) is 8.29. The molecule has 0 fully saturated rings. The van der Waals surface area contributed by atoms with Gasteiger partial charge in [0.1, 0.15) is 0 Å². The summed E-state index contributed by atoms with van der Waals surface area (Å²) in [6, 6.07) is 1.41. The van der Waals surface area contributed by atoms with E-state index in [-0.39, 0.29) is 16.9 Å². The number of nitrogens with zero attached hydrogens (tertiary/aromatic N) is 1. The first-order valence-corrected chi connectivity index (χ1v) is 4.16. The molecule has 0 bridgehead atoms. The van der Waals surface area contributed by atoms with E-state index in [0.717, 1.165) is 0 Å². The first-order chi connectivity index (χ1) is 6.43. The lowest BCUT2D eigenvalue weighted by Crippen LogP contribution is -2.10. The molecule has 0 aromatic carbocycles. The molecule has 0 saturated heterocycles. The lowest BCUT2D eigenvalue weighted by Gasteiger charge is -2.06. The van der Waals surface area contributed by atoms with E-state index >= 15 is 0 Å². The largest absolute Gasteiger partial charge is 0.478 e. The Kier molecular flexibility index (Phi) is 2.65. The van der Waals surface area contributed by atoms with Crippen LogP contribution in [0.5, 0.6) is 0 Å². The van der Waals surface area contributed by atoms with Gasteiger partial charge in [0, 0.05) is 11.4 Å². The van der Waals surface area contributed by atoms with Crippen LogP contribution in [0.25, 0.3) is 0 Å². The van der Waals surface area contributed by atoms with Crippen LogP contribution in [0.1, 0.15) is 39.0 Å². The Morgan fingerprint density at radius 1 is 1.36 bits per heavy atom. The van der Waals surface area contributed by atoms with E-state index in [1.54, 1.807) is 13.8 Å². The second-order valence-electron chi connectivity index (χ2n) is 3.13. The van der Waals surface area contributed by atoms with Crippen molar-refractivity contribution in [3.8, 4) is 0 Å². The maximum Gasteiger partial charge on any atom is 0.336 e. The molecule has 0 unspecified atom stereocenters. The molecule has 1 rings (SSSR count). The van der Waals surface area contributed by atoms with Crippen molar-refractivity contribution in [3.63, 3.8) is 0 Å². The summed E-state index contributed by atoms with van der Waals surface area (Å²) >= 11 is 0. The molecule has 1 N–H and O–H groups in total. The molecule has 0 radical (unpaired) electrons. The number of rotatable bonds is 2. The minimum absolute atomic E-state index is 0.0301. The Labute approximate surface area is 81.6 Å². The number of aryl methyl sites for hydroxylation is 2. The van der Waals surface area contributed by atoms with Gasteiger partial charge in [0.15, 0.2) is 5.78 Å². The van der Waals surface area contributed by atoms with Gasteiger partial charge in [-0.25, -0.2) is 4.79 Å². The fraction of sp³-hybridized carbons (Fsp3) is 0.300. The van der Waals surface area contributed by atoms with E-state index in [4.69, 9.17) is 5.11 Å². The number of pyridine rings is 1. The predicted molar refractivity (Wildman–Crippen MR) is 50.7 cm³/mol. The summed E-state index contributed by atoms with van der Waals surface area (Å²) in [5.74, 6) is -1.36. The third-order valence-electron chi connectivity index (χ3n) is 1.91. The highest BCUT2D eigenvalue weighted by Gasteiger charge is 2.17. The van der Waals surface area contributed by atoms with Gasteiger partial charge >= 0.3 is 5.97 Å². The number of aromatic nitrogens is 1. The van der Waals surface area contributed by atoms with Crippen LogP contribution in [0.15, 0.2) is 6.07 Å². The summed E-state index contributed by atoms with van der Waals surface area (Å²) in [7, 11) is 0. The highest BCUT2D eigenvalue weighted by Crippen LogP contribution is 2.14. The highest BCUT2D eigenvalue weighted by atomic mass is 16.4. The molecule has 1 heterocycles. The predicted octanol–water partition coefficient (Wildman–Crippen LogP) is 1.60. The smallest absolute Gasteiger partial charge is 0.336 e. The molecular formula is C10H11NO3. The van der Waals surface area contributed by atoms with Crippen molar-refractivity contribution in [1.29, 1.82) is 0 Å². The molecule has 1 aromatic heterocycles. The number of carboxylic acid groups (broad SMARTS) is 1. The van der Waals surface area contributed by atoms with Crippen LogP contribution in [0.3, 0.4) is 0 Å². The van der Waals surface area contributed by atoms with Crippen molar-refractivity contribution < 1.29 is 14.7 Å². The average Bonchev–Trinajstić information content (AvgIpc) is 2.01. The van der Waals surface area contributed by atoms with E-state index in [0.29, 0.717) is 11.4 Å². The second kappa shape index (κ2) is 3.57. The molecule has 74 valence electrons. The number of hydrogen-bond donors (Lipinski definition) is 1. The van der Waals surface area contributed by atoms with Crippen molar-refractivity contribution in [2.75, 3.05) is 0 Å². The second-order valence-corrected chi connectivity index (χ2v) is 3.13. The summed E-state index contributed by atoms with van der Waals surface area (Å²) in [5, 5.41) is 8.88. The molecule has 0 aliphatic rings. The SMILES string of the molecule is CC(=O)c1c(C(=O)O)cc(C)nc1C. The van der Waals surface area contributed by atoms with E-state index < -0.39 is 5.97 Å². The van der Waals surface area contributed by atoms with E-state index in [1.807, 2.05) is 0 Å². The topological polar surface area (TPSA) is 67.3 Å². The Balaban J connectivity index is 3.52. The number of carboxylic acids is 1. The van der Waals surface area contributed by atoms with Gasteiger partial charge in [0.05, 0.1) is 11.1 Å². The normalized spacial score (nSPS) is 9.93. The zero-order valence-corrected chi connectivity index (χ0v) is 8.29. The average molecular weight is 193 g/mol. The van der Waals surface area contributed by atoms with E-state index in [9.17, 15) is 9.59 Å². The molecule has 0 saturated carbocycles. The van der Waals surface area contributed by atoms with Gasteiger partial charge in [-0.2, -0.15) is 0 Å². The Hall–Kier alpha value is -1.71.